The third-order valence-electron chi connectivity index (χ3n) is 5.79. The van der Waals surface area contributed by atoms with Gasteiger partial charge in [-0.3, -0.25) is 9.59 Å². The van der Waals surface area contributed by atoms with E-state index in [2.05, 4.69) is 23.5 Å². The van der Waals surface area contributed by atoms with Crippen molar-refractivity contribution in [3.8, 4) is 0 Å². The highest BCUT2D eigenvalue weighted by Crippen LogP contribution is 2.47. The van der Waals surface area contributed by atoms with Gasteiger partial charge in [0, 0.05) is 44.0 Å². The van der Waals surface area contributed by atoms with Crippen molar-refractivity contribution in [3.63, 3.8) is 0 Å². The molecule has 1 N–H and O–H groups in total. The number of piperidine rings is 1. The van der Waals surface area contributed by atoms with E-state index in [1.807, 2.05) is 11.0 Å². The van der Waals surface area contributed by atoms with Gasteiger partial charge in [-0.2, -0.15) is 0 Å². The maximum atomic E-state index is 12.5. The van der Waals surface area contributed by atoms with Gasteiger partial charge in [-0.25, -0.2) is 0 Å². The average Bonchev–Trinajstić information content (AvgIpc) is 3.08. The Morgan fingerprint density at radius 1 is 1.29 bits per heavy atom. The minimum absolute atomic E-state index is 0.0571. The molecule has 2 atom stereocenters. The molecule has 2 fully saturated rings. The summed E-state index contributed by atoms with van der Waals surface area (Å²) in [5.74, 6) is 3.78. The number of nitrogens with one attached hydrogen (secondary N) is 1. The first-order chi connectivity index (χ1) is 13.5. The lowest BCUT2D eigenvalue weighted by Gasteiger charge is -2.32. The van der Waals surface area contributed by atoms with Crippen molar-refractivity contribution in [2.75, 3.05) is 13.1 Å². The smallest absolute Gasteiger partial charge is 0.273 e. The molecule has 150 valence electrons. The number of rotatable bonds is 6. The molecule has 2 aliphatic rings. The molecule has 0 aromatic carbocycles. The summed E-state index contributed by atoms with van der Waals surface area (Å²) in [4.78, 5) is 26.5. The van der Waals surface area contributed by atoms with Gasteiger partial charge in [-0.05, 0) is 44.2 Å². The summed E-state index contributed by atoms with van der Waals surface area (Å²) in [5.41, 5.74) is 0.300. The van der Waals surface area contributed by atoms with Gasteiger partial charge in [0.2, 0.25) is 5.91 Å². The quantitative estimate of drug-likeness (QED) is 0.826. The van der Waals surface area contributed by atoms with E-state index in [1.54, 1.807) is 13.0 Å². The predicted octanol–water partition coefficient (Wildman–Crippen LogP) is 3.05. The lowest BCUT2D eigenvalue weighted by molar-refractivity contribution is -0.132. The number of furan rings is 1. The summed E-state index contributed by atoms with van der Waals surface area (Å²) in [7, 11) is 0. The summed E-state index contributed by atoms with van der Waals surface area (Å²) >= 11 is 0. The molecule has 1 saturated carbocycles. The minimum Gasteiger partial charge on any atom is -0.466 e. The molecular formula is C21H27N3O4. The summed E-state index contributed by atoms with van der Waals surface area (Å²) in [6.07, 6.45) is 3.80. The van der Waals surface area contributed by atoms with Crippen LogP contribution in [-0.4, -0.2) is 41.0 Å². The molecule has 7 nitrogen and oxygen atoms in total. The topological polar surface area (TPSA) is 88.6 Å². The number of aryl methyl sites for hydroxylation is 2. The molecule has 0 unspecified atom stereocenters. The molecule has 3 heterocycles. The van der Waals surface area contributed by atoms with Crippen LogP contribution in [0.25, 0.3) is 0 Å². The zero-order chi connectivity index (χ0) is 19.7. The number of aromatic nitrogens is 1. The Morgan fingerprint density at radius 2 is 2.04 bits per heavy atom. The van der Waals surface area contributed by atoms with Crippen molar-refractivity contribution in [1.29, 1.82) is 0 Å². The maximum absolute atomic E-state index is 12.5. The van der Waals surface area contributed by atoms with Crippen LogP contribution in [0.2, 0.25) is 0 Å². The Labute approximate surface area is 164 Å². The van der Waals surface area contributed by atoms with E-state index < -0.39 is 0 Å². The SMILES string of the molecule is Cc1cc(C(=O)NC2CCN(C(=O)CCc3ccc([C@H]4C[C@@H]4C)o3)CC2)no1. The van der Waals surface area contributed by atoms with Crippen molar-refractivity contribution in [2.24, 2.45) is 5.92 Å². The second kappa shape index (κ2) is 7.81. The molecular weight excluding hydrogens is 358 g/mol. The molecule has 0 radical (unpaired) electrons. The van der Waals surface area contributed by atoms with Crippen molar-refractivity contribution in [3.05, 3.63) is 41.2 Å². The average molecular weight is 385 g/mol. The highest BCUT2D eigenvalue weighted by Gasteiger charge is 2.36. The monoisotopic (exact) mass is 385 g/mol. The van der Waals surface area contributed by atoms with Gasteiger partial charge < -0.3 is 19.2 Å². The number of carbonyl (C=O) groups excluding carboxylic acids is 2. The van der Waals surface area contributed by atoms with E-state index >= 15 is 0 Å². The van der Waals surface area contributed by atoms with Gasteiger partial charge in [0.05, 0.1) is 0 Å². The highest BCUT2D eigenvalue weighted by molar-refractivity contribution is 5.92. The van der Waals surface area contributed by atoms with Crippen LogP contribution >= 0.6 is 0 Å². The fourth-order valence-corrected chi connectivity index (χ4v) is 3.84. The molecule has 2 amide bonds. The van der Waals surface area contributed by atoms with Crippen LogP contribution in [-0.2, 0) is 11.2 Å². The third kappa shape index (κ3) is 4.29. The molecule has 0 spiro atoms. The number of carbonyl (C=O) groups is 2. The highest BCUT2D eigenvalue weighted by atomic mass is 16.5. The van der Waals surface area contributed by atoms with Gasteiger partial charge >= 0.3 is 0 Å². The number of hydrogen-bond donors (Lipinski definition) is 1. The van der Waals surface area contributed by atoms with Crippen molar-refractivity contribution < 1.29 is 18.5 Å². The molecule has 28 heavy (non-hydrogen) atoms. The lowest BCUT2D eigenvalue weighted by atomic mass is 10.0. The summed E-state index contributed by atoms with van der Waals surface area (Å²) in [6, 6.07) is 5.74. The first-order valence-corrected chi connectivity index (χ1v) is 10.1. The van der Waals surface area contributed by atoms with Gasteiger partial charge in [0.1, 0.15) is 17.3 Å². The third-order valence-corrected chi connectivity index (χ3v) is 5.79. The van der Waals surface area contributed by atoms with E-state index in [0.29, 0.717) is 43.3 Å². The fourth-order valence-electron chi connectivity index (χ4n) is 3.84. The fraction of sp³-hybridized carbons (Fsp3) is 0.571. The first kappa shape index (κ1) is 18.8. The van der Waals surface area contributed by atoms with Crippen LogP contribution in [0.5, 0.6) is 0 Å². The largest absolute Gasteiger partial charge is 0.466 e. The van der Waals surface area contributed by atoms with Crippen LogP contribution < -0.4 is 5.32 Å². The Kier molecular flexibility index (Phi) is 5.24. The van der Waals surface area contributed by atoms with Gasteiger partial charge in [0.25, 0.3) is 5.91 Å². The van der Waals surface area contributed by atoms with Crippen molar-refractivity contribution in [2.45, 2.75) is 57.9 Å². The maximum Gasteiger partial charge on any atom is 0.273 e. The summed E-state index contributed by atoms with van der Waals surface area (Å²) < 4.78 is 10.8. The Bertz CT molecular complexity index is 847. The predicted molar refractivity (Wildman–Crippen MR) is 102 cm³/mol. The van der Waals surface area contributed by atoms with E-state index in [4.69, 9.17) is 8.94 Å². The standard InChI is InChI=1S/C21H27N3O4/c1-13-11-17(13)19-5-3-16(27-19)4-6-20(25)24-9-7-15(8-10-24)22-21(26)18-12-14(2)28-23-18/h3,5,12-13,15,17H,4,6-11H2,1-2H3,(H,22,26)/t13-,17-/m0/s1. The number of hydrogen-bond acceptors (Lipinski definition) is 5. The summed E-state index contributed by atoms with van der Waals surface area (Å²) in [6.45, 7) is 5.30. The van der Waals surface area contributed by atoms with Crippen LogP contribution in [0.4, 0.5) is 0 Å². The van der Waals surface area contributed by atoms with Crippen LogP contribution in [0, 0.1) is 12.8 Å². The molecule has 2 aromatic rings. The van der Waals surface area contributed by atoms with Crippen molar-refractivity contribution >= 4 is 11.8 Å². The number of amides is 2. The molecule has 2 aromatic heterocycles. The number of likely N-dealkylation sites (tertiary alicyclic amines) is 1. The zero-order valence-corrected chi connectivity index (χ0v) is 16.4. The van der Waals surface area contributed by atoms with E-state index in [9.17, 15) is 9.59 Å². The van der Waals surface area contributed by atoms with E-state index in [0.717, 1.165) is 30.3 Å². The normalized spacial score (nSPS) is 22.3. The number of nitrogens with zero attached hydrogens (tertiary/aromatic N) is 2. The second-order valence-corrected chi connectivity index (χ2v) is 8.07. The van der Waals surface area contributed by atoms with Crippen LogP contribution in [0.15, 0.2) is 27.1 Å². The zero-order valence-electron chi connectivity index (χ0n) is 16.4. The van der Waals surface area contributed by atoms with E-state index in [-0.39, 0.29) is 17.9 Å². The lowest BCUT2D eigenvalue weighted by Crippen LogP contribution is -2.46. The summed E-state index contributed by atoms with van der Waals surface area (Å²) in [5, 5.41) is 6.71. The van der Waals surface area contributed by atoms with Gasteiger partial charge in [0.15, 0.2) is 5.69 Å². The molecule has 1 aliphatic heterocycles. The van der Waals surface area contributed by atoms with Gasteiger partial charge in [-0.1, -0.05) is 12.1 Å². The van der Waals surface area contributed by atoms with Crippen LogP contribution in [0.3, 0.4) is 0 Å². The van der Waals surface area contributed by atoms with Crippen LogP contribution in [0.1, 0.15) is 66.3 Å². The molecule has 1 saturated heterocycles. The Balaban J connectivity index is 1.19. The van der Waals surface area contributed by atoms with Gasteiger partial charge in [-0.15, -0.1) is 0 Å². The Hall–Kier alpha value is -2.57. The van der Waals surface area contributed by atoms with Crippen molar-refractivity contribution in [1.82, 2.24) is 15.4 Å². The molecule has 7 heteroatoms. The molecule has 1 aliphatic carbocycles. The second-order valence-electron chi connectivity index (χ2n) is 8.07. The minimum atomic E-state index is -0.222. The first-order valence-electron chi connectivity index (χ1n) is 10.1. The molecule has 4 rings (SSSR count). The van der Waals surface area contributed by atoms with E-state index in [1.165, 1.54) is 6.42 Å². The Morgan fingerprint density at radius 3 is 2.68 bits per heavy atom. The molecule has 0 bridgehead atoms.